The van der Waals surface area contributed by atoms with E-state index in [-0.39, 0.29) is 5.91 Å². The molecule has 1 heterocycles. The summed E-state index contributed by atoms with van der Waals surface area (Å²) in [5.74, 6) is 0.494. The first-order valence-corrected chi connectivity index (χ1v) is 10.3. The van der Waals surface area contributed by atoms with Crippen LogP contribution < -0.4 is 5.32 Å². The summed E-state index contributed by atoms with van der Waals surface area (Å²) in [5.41, 5.74) is 0.675. The van der Waals surface area contributed by atoms with E-state index in [0.717, 1.165) is 48.6 Å². The highest BCUT2D eigenvalue weighted by atomic mass is 79.9. The van der Waals surface area contributed by atoms with Gasteiger partial charge in [-0.25, -0.2) is 4.79 Å². The van der Waals surface area contributed by atoms with E-state index < -0.39 is 11.5 Å². The maximum Gasteiger partial charge on any atom is 0.407 e. The minimum atomic E-state index is -0.844. The number of hydrogen-bond acceptors (Lipinski definition) is 2. The summed E-state index contributed by atoms with van der Waals surface area (Å²) in [6.45, 7) is 1.77. The van der Waals surface area contributed by atoms with Crippen LogP contribution in [0.5, 0.6) is 0 Å². The third-order valence-electron chi connectivity index (χ3n) is 5.96. The second-order valence-electron chi connectivity index (χ2n) is 7.58. The molecule has 0 unspecified atom stereocenters. The number of carboxylic acid groups (broad SMARTS) is 1. The fourth-order valence-electron chi connectivity index (χ4n) is 4.32. The van der Waals surface area contributed by atoms with Crippen LogP contribution in [-0.2, 0) is 10.2 Å². The van der Waals surface area contributed by atoms with Gasteiger partial charge in [-0.2, -0.15) is 0 Å². The fourth-order valence-corrected chi connectivity index (χ4v) is 4.72. The summed E-state index contributed by atoms with van der Waals surface area (Å²) in [5, 5.41) is 12.3. The summed E-state index contributed by atoms with van der Waals surface area (Å²) in [4.78, 5) is 25.7. The number of amides is 2. The number of benzene rings is 1. The van der Waals surface area contributed by atoms with Crippen molar-refractivity contribution in [2.75, 3.05) is 19.6 Å². The van der Waals surface area contributed by atoms with Gasteiger partial charge in [-0.3, -0.25) is 4.79 Å². The Morgan fingerprint density at radius 2 is 1.88 bits per heavy atom. The molecule has 0 radical (unpaired) electrons. The Hall–Kier alpha value is -1.56. The molecule has 142 valence electrons. The fraction of sp³-hybridized carbons (Fsp3) is 0.600. The Bertz CT molecular complexity index is 650. The highest BCUT2D eigenvalue weighted by molar-refractivity contribution is 9.10. The number of nitrogens with zero attached hydrogens (tertiary/aromatic N) is 1. The van der Waals surface area contributed by atoms with Crippen LogP contribution in [-0.4, -0.2) is 41.6 Å². The molecule has 1 aromatic carbocycles. The van der Waals surface area contributed by atoms with E-state index in [4.69, 9.17) is 5.11 Å². The van der Waals surface area contributed by atoms with Crippen molar-refractivity contribution in [3.05, 3.63) is 34.3 Å². The lowest BCUT2D eigenvalue weighted by Crippen LogP contribution is -2.48. The molecule has 0 bridgehead atoms. The van der Waals surface area contributed by atoms with Gasteiger partial charge >= 0.3 is 6.09 Å². The minimum Gasteiger partial charge on any atom is -0.465 e. The molecule has 3 rings (SSSR count). The molecule has 1 aromatic rings. The van der Waals surface area contributed by atoms with Gasteiger partial charge in [0.1, 0.15) is 0 Å². The van der Waals surface area contributed by atoms with E-state index >= 15 is 0 Å². The summed E-state index contributed by atoms with van der Waals surface area (Å²) >= 11 is 3.54. The van der Waals surface area contributed by atoms with Crippen molar-refractivity contribution in [3.8, 4) is 0 Å². The minimum absolute atomic E-state index is 0.135. The molecular weight excluding hydrogens is 396 g/mol. The van der Waals surface area contributed by atoms with Gasteiger partial charge < -0.3 is 15.3 Å². The van der Waals surface area contributed by atoms with Gasteiger partial charge in [0.05, 0.1) is 5.41 Å². The number of likely N-dealkylation sites (tertiary alicyclic amines) is 1. The van der Waals surface area contributed by atoms with Crippen LogP contribution in [0.1, 0.15) is 50.5 Å². The van der Waals surface area contributed by atoms with Gasteiger partial charge in [0, 0.05) is 24.1 Å². The molecule has 0 aromatic heterocycles. The zero-order valence-corrected chi connectivity index (χ0v) is 16.6. The normalized spacial score (nSPS) is 20.6. The average molecular weight is 423 g/mol. The van der Waals surface area contributed by atoms with Crippen LogP contribution in [0.4, 0.5) is 4.79 Å². The number of carbonyl (C=O) groups is 2. The third kappa shape index (κ3) is 4.22. The standard InChI is InChI=1S/C20H27BrN2O3/c21-17-6-4-5-16(13-17)20(9-2-1-3-10-20)18(24)22-14-15-7-11-23(12-8-15)19(25)26/h4-6,13,15H,1-3,7-12,14H2,(H,22,24)(H,25,26). The van der Waals surface area contributed by atoms with E-state index in [2.05, 4.69) is 33.4 Å². The van der Waals surface area contributed by atoms with Gasteiger partial charge in [0.15, 0.2) is 0 Å². The molecule has 0 atom stereocenters. The van der Waals surface area contributed by atoms with Crippen molar-refractivity contribution in [1.29, 1.82) is 0 Å². The molecule has 2 aliphatic rings. The van der Waals surface area contributed by atoms with Crippen molar-refractivity contribution in [3.63, 3.8) is 0 Å². The van der Waals surface area contributed by atoms with E-state index in [1.165, 1.54) is 11.3 Å². The molecule has 2 fully saturated rings. The molecule has 1 saturated heterocycles. The van der Waals surface area contributed by atoms with Crippen molar-refractivity contribution in [1.82, 2.24) is 10.2 Å². The SMILES string of the molecule is O=C(O)N1CCC(CNC(=O)C2(c3cccc(Br)c3)CCCCC2)CC1. The quantitative estimate of drug-likeness (QED) is 0.764. The van der Waals surface area contributed by atoms with E-state index in [9.17, 15) is 9.59 Å². The van der Waals surface area contributed by atoms with E-state index in [1.807, 2.05) is 12.1 Å². The Labute approximate surface area is 163 Å². The van der Waals surface area contributed by atoms with Gasteiger partial charge in [-0.1, -0.05) is 47.3 Å². The second kappa shape index (κ2) is 8.42. The largest absolute Gasteiger partial charge is 0.465 e. The van der Waals surface area contributed by atoms with Gasteiger partial charge in [0.2, 0.25) is 5.91 Å². The maximum atomic E-state index is 13.2. The summed E-state index contributed by atoms with van der Waals surface area (Å²) in [6, 6.07) is 8.15. The molecule has 2 N–H and O–H groups in total. The Balaban J connectivity index is 1.65. The first kappa shape index (κ1) is 19.2. The topological polar surface area (TPSA) is 69.6 Å². The number of piperidine rings is 1. The number of hydrogen-bond donors (Lipinski definition) is 2. The molecule has 1 aliphatic carbocycles. The van der Waals surface area contributed by atoms with Crippen molar-refractivity contribution >= 4 is 27.9 Å². The molecule has 1 saturated carbocycles. The van der Waals surface area contributed by atoms with Crippen molar-refractivity contribution in [2.24, 2.45) is 5.92 Å². The Morgan fingerprint density at radius 3 is 2.50 bits per heavy atom. The van der Waals surface area contributed by atoms with Gasteiger partial charge in [-0.15, -0.1) is 0 Å². The molecule has 6 heteroatoms. The molecular formula is C20H27BrN2O3. The highest BCUT2D eigenvalue weighted by Crippen LogP contribution is 2.40. The summed E-state index contributed by atoms with van der Waals surface area (Å²) in [7, 11) is 0. The van der Waals surface area contributed by atoms with Crippen LogP contribution in [0.2, 0.25) is 0 Å². The van der Waals surface area contributed by atoms with E-state index in [0.29, 0.717) is 25.6 Å². The maximum absolute atomic E-state index is 13.2. The third-order valence-corrected chi connectivity index (χ3v) is 6.45. The zero-order chi connectivity index (χ0) is 18.6. The number of halogens is 1. The van der Waals surface area contributed by atoms with Crippen molar-refractivity contribution < 1.29 is 14.7 Å². The lowest BCUT2D eigenvalue weighted by Gasteiger charge is -2.37. The predicted molar refractivity (Wildman–Crippen MR) is 104 cm³/mol. The lowest BCUT2D eigenvalue weighted by atomic mass is 9.68. The average Bonchev–Trinajstić information content (AvgIpc) is 2.67. The smallest absolute Gasteiger partial charge is 0.407 e. The van der Waals surface area contributed by atoms with Crippen LogP contribution in [0.25, 0.3) is 0 Å². The van der Waals surface area contributed by atoms with Crippen LogP contribution >= 0.6 is 15.9 Å². The molecule has 5 nitrogen and oxygen atoms in total. The van der Waals surface area contributed by atoms with Crippen molar-refractivity contribution in [2.45, 2.75) is 50.4 Å². The Kier molecular flexibility index (Phi) is 6.22. The lowest BCUT2D eigenvalue weighted by molar-refractivity contribution is -0.128. The summed E-state index contributed by atoms with van der Waals surface area (Å²) in [6.07, 6.45) is 5.93. The first-order chi connectivity index (χ1) is 12.5. The molecule has 2 amide bonds. The number of carbonyl (C=O) groups excluding carboxylic acids is 1. The van der Waals surface area contributed by atoms with Crippen LogP contribution in [0.3, 0.4) is 0 Å². The molecule has 0 spiro atoms. The van der Waals surface area contributed by atoms with Gasteiger partial charge in [0.25, 0.3) is 0 Å². The highest BCUT2D eigenvalue weighted by Gasteiger charge is 2.41. The van der Waals surface area contributed by atoms with Gasteiger partial charge in [-0.05, 0) is 49.3 Å². The predicted octanol–water partition coefficient (Wildman–Crippen LogP) is 4.16. The van der Waals surface area contributed by atoms with E-state index in [1.54, 1.807) is 0 Å². The monoisotopic (exact) mass is 422 g/mol. The number of rotatable bonds is 4. The number of nitrogens with one attached hydrogen (secondary N) is 1. The molecule has 26 heavy (non-hydrogen) atoms. The first-order valence-electron chi connectivity index (χ1n) is 9.53. The van der Waals surface area contributed by atoms with Crippen LogP contribution in [0, 0.1) is 5.92 Å². The second-order valence-corrected chi connectivity index (χ2v) is 8.49. The zero-order valence-electron chi connectivity index (χ0n) is 15.0. The summed E-state index contributed by atoms with van der Waals surface area (Å²) < 4.78 is 1.01. The molecule has 1 aliphatic heterocycles. The Morgan fingerprint density at radius 1 is 1.19 bits per heavy atom. The van der Waals surface area contributed by atoms with Crippen LogP contribution in [0.15, 0.2) is 28.7 Å².